The molecule has 1 saturated heterocycles. The molecule has 1 N–H and O–H groups in total. The van der Waals surface area contributed by atoms with Crippen molar-refractivity contribution in [1.82, 2.24) is 10.2 Å². The predicted octanol–water partition coefficient (Wildman–Crippen LogP) is 3.05. The lowest BCUT2D eigenvalue weighted by molar-refractivity contribution is -0.122. The second kappa shape index (κ2) is 8.67. The molecule has 1 atom stereocenters. The first-order valence-electron chi connectivity index (χ1n) is 9.37. The highest BCUT2D eigenvalue weighted by Gasteiger charge is 2.26. The number of aryl methyl sites for hydroxylation is 1. The van der Waals surface area contributed by atoms with Crippen molar-refractivity contribution in [3.8, 4) is 0 Å². The largest absolute Gasteiger partial charge is 0.465 e. The highest BCUT2D eigenvalue weighted by atomic mass is 16.5. The van der Waals surface area contributed by atoms with E-state index in [1.165, 1.54) is 32.1 Å². The number of hydrogen-bond donors (Lipinski definition) is 1. The summed E-state index contributed by atoms with van der Waals surface area (Å²) in [5.74, 6) is 2.61. The van der Waals surface area contributed by atoms with Gasteiger partial charge in [0.05, 0.1) is 19.3 Å². The molecule has 1 aromatic heterocycles. The van der Waals surface area contributed by atoms with E-state index in [4.69, 9.17) is 9.15 Å². The summed E-state index contributed by atoms with van der Waals surface area (Å²) >= 11 is 0. The van der Waals surface area contributed by atoms with Crippen LogP contribution in [-0.4, -0.2) is 43.7 Å². The zero-order valence-electron chi connectivity index (χ0n) is 14.8. The summed E-state index contributed by atoms with van der Waals surface area (Å²) in [5, 5.41) is 3.15. The zero-order chi connectivity index (χ0) is 16.8. The SMILES string of the molecule is Cc1ccc([C@H](CNC(=O)CC2CCCCC2)N2CCOCC2)o1. The van der Waals surface area contributed by atoms with Crippen molar-refractivity contribution in [3.05, 3.63) is 23.7 Å². The third-order valence-corrected chi connectivity index (χ3v) is 5.27. The van der Waals surface area contributed by atoms with Crippen molar-refractivity contribution in [2.24, 2.45) is 5.92 Å². The highest BCUT2D eigenvalue weighted by molar-refractivity contribution is 5.76. The predicted molar refractivity (Wildman–Crippen MR) is 92.8 cm³/mol. The van der Waals surface area contributed by atoms with E-state index < -0.39 is 0 Å². The summed E-state index contributed by atoms with van der Waals surface area (Å²) in [4.78, 5) is 14.7. The number of ether oxygens (including phenoxy) is 1. The van der Waals surface area contributed by atoms with E-state index in [2.05, 4.69) is 10.2 Å². The molecule has 3 rings (SSSR count). The van der Waals surface area contributed by atoms with Crippen LogP contribution < -0.4 is 5.32 Å². The van der Waals surface area contributed by atoms with Gasteiger partial charge in [0.1, 0.15) is 11.5 Å². The molecule has 2 aliphatic rings. The minimum atomic E-state index is 0.0953. The maximum absolute atomic E-state index is 12.4. The van der Waals surface area contributed by atoms with Crippen molar-refractivity contribution >= 4 is 5.91 Å². The van der Waals surface area contributed by atoms with Gasteiger partial charge in [0.25, 0.3) is 0 Å². The van der Waals surface area contributed by atoms with Crippen LogP contribution in [0.5, 0.6) is 0 Å². The molecule has 1 aliphatic heterocycles. The normalized spacial score (nSPS) is 21.5. The van der Waals surface area contributed by atoms with Crippen LogP contribution in [0, 0.1) is 12.8 Å². The van der Waals surface area contributed by atoms with Gasteiger partial charge in [-0.2, -0.15) is 0 Å². The topological polar surface area (TPSA) is 54.7 Å². The first kappa shape index (κ1) is 17.5. The lowest BCUT2D eigenvalue weighted by Gasteiger charge is -2.33. The molecule has 1 saturated carbocycles. The summed E-state index contributed by atoms with van der Waals surface area (Å²) in [5.41, 5.74) is 0. The van der Waals surface area contributed by atoms with Crippen molar-refractivity contribution in [2.45, 2.75) is 51.5 Å². The number of nitrogens with zero attached hydrogens (tertiary/aromatic N) is 1. The van der Waals surface area contributed by atoms with Crippen LogP contribution in [0.4, 0.5) is 0 Å². The number of nitrogens with one attached hydrogen (secondary N) is 1. The molecule has 2 heterocycles. The summed E-state index contributed by atoms with van der Waals surface area (Å²) in [7, 11) is 0. The Labute approximate surface area is 144 Å². The molecule has 0 unspecified atom stereocenters. The Balaban J connectivity index is 1.55. The molecule has 5 heteroatoms. The van der Waals surface area contributed by atoms with E-state index in [1.54, 1.807) is 0 Å². The Bertz CT molecular complexity index is 516. The first-order valence-corrected chi connectivity index (χ1v) is 9.37. The molecule has 2 fully saturated rings. The summed E-state index contributed by atoms with van der Waals surface area (Å²) in [6, 6.07) is 4.12. The van der Waals surface area contributed by atoms with E-state index >= 15 is 0 Å². The van der Waals surface area contributed by atoms with Gasteiger partial charge in [0.2, 0.25) is 5.91 Å². The molecule has 0 aromatic carbocycles. The van der Waals surface area contributed by atoms with Crippen LogP contribution in [0.25, 0.3) is 0 Å². The minimum Gasteiger partial charge on any atom is -0.465 e. The van der Waals surface area contributed by atoms with E-state index in [1.807, 2.05) is 19.1 Å². The van der Waals surface area contributed by atoms with Crippen molar-refractivity contribution in [1.29, 1.82) is 0 Å². The Hall–Kier alpha value is -1.33. The maximum atomic E-state index is 12.4. The molecule has 1 aromatic rings. The summed E-state index contributed by atoms with van der Waals surface area (Å²) in [6.07, 6.45) is 6.97. The summed E-state index contributed by atoms with van der Waals surface area (Å²) in [6.45, 7) is 5.81. The van der Waals surface area contributed by atoms with E-state index in [0.717, 1.165) is 37.8 Å². The zero-order valence-corrected chi connectivity index (χ0v) is 14.8. The van der Waals surface area contributed by atoms with Crippen LogP contribution in [0.3, 0.4) is 0 Å². The molecular weight excluding hydrogens is 304 g/mol. The van der Waals surface area contributed by atoms with Gasteiger partial charge in [-0.3, -0.25) is 9.69 Å². The Morgan fingerprint density at radius 3 is 2.67 bits per heavy atom. The fraction of sp³-hybridized carbons (Fsp3) is 0.737. The molecule has 5 nitrogen and oxygen atoms in total. The van der Waals surface area contributed by atoms with Gasteiger partial charge in [0.15, 0.2) is 0 Å². The van der Waals surface area contributed by atoms with Crippen molar-refractivity contribution in [2.75, 3.05) is 32.8 Å². The van der Waals surface area contributed by atoms with Gasteiger partial charge in [-0.15, -0.1) is 0 Å². The molecule has 0 bridgehead atoms. The third-order valence-electron chi connectivity index (χ3n) is 5.27. The highest BCUT2D eigenvalue weighted by Crippen LogP contribution is 2.27. The minimum absolute atomic E-state index is 0.0953. The van der Waals surface area contributed by atoms with Crippen LogP contribution in [-0.2, 0) is 9.53 Å². The molecule has 0 spiro atoms. The third kappa shape index (κ3) is 4.84. The summed E-state index contributed by atoms with van der Waals surface area (Å²) < 4.78 is 11.3. The molecule has 24 heavy (non-hydrogen) atoms. The number of rotatable bonds is 6. The molecule has 0 radical (unpaired) electrons. The van der Waals surface area contributed by atoms with E-state index in [0.29, 0.717) is 18.9 Å². The fourth-order valence-corrected chi connectivity index (χ4v) is 3.87. The Morgan fingerprint density at radius 1 is 1.25 bits per heavy atom. The maximum Gasteiger partial charge on any atom is 0.220 e. The molecular formula is C19H30N2O3. The Kier molecular flexibility index (Phi) is 6.32. The lowest BCUT2D eigenvalue weighted by atomic mass is 9.87. The van der Waals surface area contributed by atoms with Gasteiger partial charge in [-0.25, -0.2) is 0 Å². The Morgan fingerprint density at radius 2 is 2.00 bits per heavy atom. The molecule has 1 amide bonds. The average molecular weight is 334 g/mol. The van der Waals surface area contributed by atoms with Crippen molar-refractivity contribution in [3.63, 3.8) is 0 Å². The van der Waals surface area contributed by atoms with E-state index in [9.17, 15) is 4.79 Å². The number of morpholine rings is 1. The van der Waals surface area contributed by atoms with Gasteiger partial charge >= 0.3 is 0 Å². The smallest absolute Gasteiger partial charge is 0.220 e. The van der Waals surface area contributed by atoms with E-state index in [-0.39, 0.29) is 11.9 Å². The first-order chi connectivity index (χ1) is 11.7. The van der Waals surface area contributed by atoms with Crippen LogP contribution >= 0.6 is 0 Å². The molecule has 134 valence electrons. The number of carbonyl (C=O) groups is 1. The van der Waals surface area contributed by atoms with Gasteiger partial charge in [-0.1, -0.05) is 19.3 Å². The fourth-order valence-electron chi connectivity index (χ4n) is 3.87. The van der Waals surface area contributed by atoms with Gasteiger partial charge in [0, 0.05) is 26.1 Å². The van der Waals surface area contributed by atoms with Gasteiger partial charge in [-0.05, 0) is 37.8 Å². The lowest BCUT2D eigenvalue weighted by Crippen LogP contribution is -2.43. The van der Waals surface area contributed by atoms with Crippen LogP contribution in [0.1, 0.15) is 56.1 Å². The number of hydrogen-bond acceptors (Lipinski definition) is 4. The number of carbonyl (C=O) groups excluding carboxylic acids is 1. The second-order valence-electron chi connectivity index (χ2n) is 7.12. The van der Waals surface area contributed by atoms with Crippen LogP contribution in [0.15, 0.2) is 16.5 Å². The second-order valence-corrected chi connectivity index (χ2v) is 7.12. The van der Waals surface area contributed by atoms with Crippen LogP contribution in [0.2, 0.25) is 0 Å². The molecule has 1 aliphatic carbocycles. The quantitative estimate of drug-likeness (QED) is 0.869. The van der Waals surface area contributed by atoms with Crippen molar-refractivity contribution < 1.29 is 13.9 Å². The standard InChI is InChI=1S/C19H30N2O3/c1-15-7-8-18(24-15)17(21-9-11-23-12-10-21)14-20-19(22)13-16-5-3-2-4-6-16/h7-8,16-17H,2-6,9-14H2,1H3,(H,20,22)/t17-/m0/s1. The number of amides is 1. The average Bonchev–Trinajstić information content (AvgIpc) is 3.03. The number of furan rings is 1. The monoisotopic (exact) mass is 334 g/mol. The van der Waals surface area contributed by atoms with Gasteiger partial charge < -0.3 is 14.5 Å².